The van der Waals surface area contributed by atoms with E-state index in [9.17, 15) is 4.79 Å². The zero-order valence-electron chi connectivity index (χ0n) is 12.1. The number of hydrogen-bond acceptors (Lipinski definition) is 3. The molecule has 0 aliphatic carbocycles. The summed E-state index contributed by atoms with van der Waals surface area (Å²) in [6.45, 7) is 10.4. The van der Waals surface area contributed by atoms with E-state index in [1.54, 1.807) is 11.3 Å². The van der Waals surface area contributed by atoms with E-state index >= 15 is 0 Å². The summed E-state index contributed by atoms with van der Waals surface area (Å²) in [6.07, 6.45) is 0.778. The Morgan fingerprint density at radius 1 is 1.32 bits per heavy atom. The fourth-order valence-corrected chi connectivity index (χ4v) is 2.92. The maximum Gasteiger partial charge on any atom is 0.254 e. The molecular weight excluding hydrogens is 256 g/mol. The maximum absolute atomic E-state index is 11.9. The van der Waals surface area contributed by atoms with Crippen LogP contribution < -0.4 is 5.56 Å². The van der Waals surface area contributed by atoms with Gasteiger partial charge in [-0.2, -0.15) is 0 Å². The molecule has 0 saturated heterocycles. The smallest absolute Gasteiger partial charge is 0.254 e. The van der Waals surface area contributed by atoms with Crippen LogP contribution in [0.4, 0.5) is 0 Å². The topological polar surface area (TPSA) is 45.8 Å². The largest absolute Gasteiger partial charge is 0.306 e. The van der Waals surface area contributed by atoms with Crippen molar-refractivity contribution in [3.8, 4) is 10.7 Å². The van der Waals surface area contributed by atoms with Gasteiger partial charge in [-0.3, -0.25) is 4.79 Å². The molecule has 2 rings (SSSR count). The first-order valence-corrected chi connectivity index (χ1v) is 7.35. The number of aromatic nitrogens is 2. The van der Waals surface area contributed by atoms with Gasteiger partial charge in [-0.15, -0.1) is 11.3 Å². The molecule has 0 saturated carbocycles. The van der Waals surface area contributed by atoms with Crippen LogP contribution in [0.2, 0.25) is 0 Å². The Labute approximate surface area is 117 Å². The van der Waals surface area contributed by atoms with Gasteiger partial charge in [0.25, 0.3) is 5.56 Å². The highest BCUT2D eigenvalue weighted by molar-refractivity contribution is 7.15. The van der Waals surface area contributed by atoms with E-state index in [-0.39, 0.29) is 11.0 Å². The number of thiophene rings is 1. The molecule has 2 aromatic rings. The Kier molecular flexibility index (Phi) is 3.63. The lowest BCUT2D eigenvalue weighted by Gasteiger charge is -2.15. The van der Waals surface area contributed by atoms with E-state index < -0.39 is 0 Å². The second-order valence-corrected chi connectivity index (χ2v) is 6.84. The van der Waals surface area contributed by atoms with Crippen LogP contribution in [0.25, 0.3) is 10.7 Å². The molecule has 2 heterocycles. The van der Waals surface area contributed by atoms with Crippen molar-refractivity contribution in [2.75, 3.05) is 0 Å². The fraction of sp³-hybridized carbons (Fsp3) is 0.467. The highest BCUT2D eigenvalue weighted by atomic mass is 32.1. The van der Waals surface area contributed by atoms with Gasteiger partial charge in [0.2, 0.25) is 0 Å². The van der Waals surface area contributed by atoms with Crippen LogP contribution in [0.5, 0.6) is 0 Å². The average molecular weight is 276 g/mol. The zero-order valence-corrected chi connectivity index (χ0v) is 12.9. The van der Waals surface area contributed by atoms with Gasteiger partial charge in [-0.25, -0.2) is 4.98 Å². The second kappa shape index (κ2) is 4.93. The number of aryl methyl sites for hydroxylation is 1. The number of nitrogens with zero attached hydrogens (tertiary/aromatic N) is 1. The molecule has 0 aliphatic rings. The van der Waals surface area contributed by atoms with Gasteiger partial charge in [0, 0.05) is 10.4 Å². The minimum atomic E-state index is -0.0347. The molecule has 2 aromatic heterocycles. The summed E-state index contributed by atoms with van der Waals surface area (Å²) in [5.41, 5.74) is 1.69. The molecule has 4 heteroatoms. The molecule has 0 amide bonds. The summed E-state index contributed by atoms with van der Waals surface area (Å²) in [4.78, 5) is 21.7. The number of H-pyrrole nitrogens is 1. The minimum Gasteiger partial charge on any atom is -0.306 e. The van der Waals surface area contributed by atoms with Crippen LogP contribution >= 0.6 is 11.3 Å². The fourth-order valence-electron chi connectivity index (χ4n) is 1.91. The first kappa shape index (κ1) is 14.0. The SMILES string of the molecule is CCc1nc(-c2ccc(C(C)(C)C)s2)[nH]c(=O)c1C. The zero-order chi connectivity index (χ0) is 14.2. The van der Waals surface area contributed by atoms with E-state index in [0.29, 0.717) is 5.82 Å². The Morgan fingerprint density at radius 3 is 2.53 bits per heavy atom. The maximum atomic E-state index is 11.9. The van der Waals surface area contributed by atoms with E-state index in [1.165, 1.54) is 4.88 Å². The van der Waals surface area contributed by atoms with Crippen molar-refractivity contribution < 1.29 is 0 Å². The predicted octanol–water partition coefficient (Wildman–Crippen LogP) is 3.67. The molecule has 0 atom stereocenters. The van der Waals surface area contributed by atoms with E-state index in [1.807, 2.05) is 19.9 Å². The quantitative estimate of drug-likeness (QED) is 0.909. The number of aromatic amines is 1. The summed E-state index contributed by atoms with van der Waals surface area (Å²) in [7, 11) is 0. The molecule has 0 spiro atoms. The molecule has 3 nitrogen and oxygen atoms in total. The summed E-state index contributed by atoms with van der Waals surface area (Å²) in [5.74, 6) is 0.688. The lowest BCUT2D eigenvalue weighted by atomic mass is 9.95. The van der Waals surface area contributed by atoms with Gasteiger partial charge in [0.15, 0.2) is 5.82 Å². The first-order chi connectivity index (χ1) is 8.82. The van der Waals surface area contributed by atoms with Crippen molar-refractivity contribution in [1.29, 1.82) is 0 Å². The van der Waals surface area contributed by atoms with Crippen molar-refractivity contribution in [3.05, 3.63) is 38.6 Å². The Bertz CT molecular complexity index is 647. The Hall–Kier alpha value is -1.42. The predicted molar refractivity (Wildman–Crippen MR) is 81.0 cm³/mol. The van der Waals surface area contributed by atoms with E-state index in [2.05, 4.69) is 36.8 Å². The molecule has 0 unspecified atom stereocenters. The number of hydrogen-bond donors (Lipinski definition) is 1. The van der Waals surface area contributed by atoms with Gasteiger partial charge in [0.05, 0.1) is 10.6 Å². The summed E-state index contributed by atoms with van der Waals surface area (Å²) >= 11 is 1.69. The van der Waals surface area contributed by atoms with Crippen molar-refractivity contribution >= 4 is 11.3 Å². The van der Waals surface area contributed by atoms with E-state index in [0.717, 1.165) is 22.6 Å². The lowest BCUT2D eigenvalue weighted by Crippen LogP contribution is -2.15. The third kappa shape index (κ3) is 2.78. The highest BCUT2D eigenvalue weighted by Crippen LogP contribution is 2.33. The van der Waals surface area contributed by atoms with Crippen molar-refractivity contribution in [2.24, 2.45) is 0 Å². The van der Waals surface area contributed by atoms with Crippen LogP contribution in [0.3, 0.4) is 0 Å². The van der Waals surface area contributed by atoms with Crippen LogP contribution in [-0.2, 0) is 11.8 Å². The molecule has 0 aliphatic heterocycles. The average Bonchev–Trinajstić information content (AvgIpc) is 2.81. The molecule has 0 aromatic carbocycles. The van der Waals surface area contributed by atoms with E-state index in [4.69, 9.17) is 0 Å². The van der Waals surface area contributed by atoms with Crippen molar-refractivity contribution in [3.63, 3.8) is 0 Å². The molecule has 0 bridgehead atoms. The number of rotatable bonds is 2. The second-order valence-electron chi connectivity index (χ2n) is 5.75. The van der Waals surface area contributed by atoms with Crippen LogP contribution in [-0.4, -0.2) is 9.97 Å². The standard InChI is InChI=1S/C15H20N2OS/c1-6-10-9(2)14(18)17-13(16-10)11-7-8-12(19-11)15(3,4)5/h7-8H,6H2,1-5H3,(H,16,17,18). The molecule has 102 valence electrons. The third-order valence-electron chi connectivity index (χ3n) is 3.17. The Morgan fingerprint density at radius 2 is 2.00 bits per heavy atom. The van der Waals surface area contributed by atoms with Gasteiger partial charge < -0.3 is 4.98 Å². The highest BCUT2D eigenvalue weighted by Gasteiger charge is 2.17. The molecule has 19 heavy (non-hydrogen) atoms. The molecular formula is C15H20N2OS. The minimum absolute atomic E-state index is 0.0347. The summed E-state index contributed by atoms with van der Waals surface area (Å²) in [5, 5.41) is 0. The van der Waals surface area contributed by atoms with Gasteiger partial charge in [-0.1, -0.05) is 27.7 Å². The molecule has 1 N–H and O–H groups in total. The van der Waals surface area contributed by atoms with Crippen molar-refractivity contribution in [1.82, 2.24) is 9.97 Å². The van der Waals surface area contributed by atoms with Crippen molar-refractivity contribution in [2.45, 2.75) is 46.5 Å². The van der Waals surface area contributed by atoms with Gasteiger partial charge in [0.1, 0.15) is 0 Å². The lowest BCUT2D eigenvalue weighted by molar-refractivity contribution is 0.604. The Balaban J connectivity index is 2.51. The third-order valence-corrected chi connectivity index (χ3v) is 4.68. The molecule has 0 radical (unpaired) electrons. The number of nitrogens with one attached hydrogen (secondary N) is 1. The molecule has 0 fully saturated rings. The van der Waals surface area contributed by atoms with Crippen LogP contribution in [0, 0.1) is 6.92 Å². The van der Waals surface area contributed by atoms with Gasteiger partial charge in [-0.05, 0) is 30.9 Å². The van der Waals surface area contributed by atoms with Crippen LogP contribution in [0.1, 0.15) is 43.8 Å². The first-order valence-electron chi connectivity index (χ1n) is 6.53. The van der Waals surface area contributed by atoms with Gasteiger partial charge >= 0.3 is 0 Å². The normalized spacial score (nSPS) is 11.8. The summed E-state index contributed by atoms with van der Waals surface area (Å²) in [6, 6.07) is 4.16. The van der Waals surface area contributed by atoms with Crippen LogP contribution in [0.15, 0.2) is 16.9 Å². The summed E-state index contributed by atoms with van der Waals surface area (Å²) < 4.78 is 0. The monoisotopic (exact) mass is 276 g/mol.